The van der Waals surface area contributed by atoms with Crippen LogP contribution < -0.4 is 4.74 Å². The van der Waals surface area contributed by atoms with Crippen LogP contribution in [0.15, 0.2) is 6.07 Å². The van der Waals surface area contributed by atoms with Crippen molar-refractivity contribution in [2.24, 2.45) is 0 Å². The molecule has 78 valence electrons. The van der Waals surface area contributed by atoms with Crippen LogP contribution in [0.25, 0.3) is 0 Å². The van der Waals surface area contributed by atoms with Crippen molar-refractivity contribution in [1.29, 1.82) is 0 Å². The summed E-state index contributed by atoms with van der Waals surface area (Å²) in [5, 5.41) is 0.547. The SMILES string of the molecule is COc1nc(Cl)c(CBr)cc1C(F)F. The van der Waals surface area contributed by atoms with Crippen molar-refractivity contribution in [2.75, 3.05) is 7.11 Å². The van der Waals surface area contributed by atoms with Gasteiger partial charge in [0.25, 0.3) is 6.43 Å². The van der Waals surface area contributed by atoms with Crippen molar-refractivity contribution in [3.05, 3.63) is 22.3 Å². The lowest BCUT2D eigenvalue weighted by Crippen LogP contribution is -1.98. The van der Waals surface area contributed by atoms with E-state index in [1.807, 2.05) is 0 Å². The second kappa shape index (κ2) is 4.89. The minimum atomic E-state index is -2.62. The van der Waals surface area contributed by atoms with Gasteiger partial charge < -0.3 is 4.74 Å². The fourth-order valence-electron chi connectivity index (χ4n) is 0.948. The third-order valence-electron chi connectivity index (χ3n) is 1.61. The molecule has 0 aliphatic carbocycles. The van der Waals surface area contributed by atoms with Crippen LogP contribution in [0, 0.1) is 0 Å². The number of hydrogen-bond acceptors (Lipinski definition) is 2. The van der Waals surface area contributed by atoms with Gasteiger partial charge in [0.05, 0.1) is 12.7 Å². The molecule has 6 heteroatoms. The Kier molecular flexibility index (Phi) is 4.07. The number of methoxy groups -OCH3 is 1. The molecule has 0 aliphatic rings. The lowest BCUT2D eigenvalue weighted by Gasteiger charge is -2.09. The predicted molar refractivity (Wildman–Crippen MR) is 53.4 cm³/mol. The molecule has 0 N–H and O–H groups in total. The molecule has 0 spiro atoms. The van der Waals surface area contributed by atoms with Crippen molar-refractivity contribution in [3.63, 3.8) is 0 Å². The molecular weight excluding hydrogens is 279 g/mol. The molecule has 2 nitrogen and oxygen atoms in total. The summed E-state index contributed by atoms with van der Waals surface area (Å²) in [6.07, 6.45) is -2.62. The summed E-state index contributed by atoms with van der Waals surface area (Å²) in [5.74, 6) is -0.130. The minimum absolute atomic E-state index is 0.130. The van der Waals surface area contributed by atoms with Gasteiger partial charge in [-0.25, -0.2) is 13.8 Å². The Hall–Kier alpha value is -0.420. The molecule has 0 fully saturated rings. The summed E-state index contributed by atoms with van der Waals surface area (Å²) < 4.78 is 29.7. The lowest BCUT2D eigenvalue weighted by molar-refractivity contribution is 0.146. The first-order chi connectivity index (χ1) is 6.60. The van der Waals surface area contributed by atoms with Crippen LogP contribution in [-0.2, 0) is 5.33 Å². The highest BCUT2D eigenvalue weighted by molar-refractivity contribution is 9.08. The number of hydrogen-bond donors (Lipinski definition) is 0. The molecule has 0 aromatic carbocycles. The molecule has 0 saturated heterocycles. The van der Waals surface area contributed by atoms with Crippen LogP contribution in [0.1, 0.15) is 17.6 Å². The predicted octanol–water partition coefficient (Wildman–Crippen LogP) is 3.58. The van der Waals surface area contributed by atoms with Gasteiger partial charge >= 0.3 is 0 Å². The van der Waals surface area contributed by atoms with E-state index >= 15 is 0 Å². The summed E-state index contributed by atoms with van der Waals surface area (Å²) in [4.78, 5) is 3.72. The highest BCUT2D eigenvalue weighted by Crippen LogP contribution is 2.31. The molecule has 0 amide bonds. The Labute approximate surface area is 93.4 Å². The van der Waals surface area contributed by atoms with Gasteiger partial charge in [-0.2, -0.15) is 0 Å². The summed E-state index contributed by atoms with van der Waals surface area (Å²) in [6.45, 7) is 0. The molecule has 1 heterocycles. The third-order valence-corrected chi connectivity index (χ3v) is 2.55. The molecule has 0 aliphatic heterocycles. The third kappa shape index (κ3) is 2.33. The molecule has 0 atom stereocenters. The molecule has 1 rings (SSSR count). The van der Waals surface area contributed by atoms with Crippen LogP contribution in [0.4, 0.5) is 8.78 Å². The van der Waals surface area contributed by atoms with Gasteiger partial charge in [0, 0.05) is 10.9 Å². The molecule has 14 heavy (non-hydrogen) atoms. The number of nitrogens with zero attached hydrogens (tertiary/aromatic N) is 1. The van der Waals surface area contributed by atoms with Gasteiger partial charge in [-0.1, -0.05) is 27.5 Å². The number of aromatic nitrogens is 1. The van der Waals surface area contributed by atoms with Gasteiger partial charge in [0.2, 0.25) is 5.88 Å². The fourth-order valence-corrected chi connectivity index (χ4v) is 1.74. The Morgan fingerprint density at radius 2 is 2.29 bits per heavy atom. The molecule has 0 unspecified atom stereocenters. The average molecular weight is 287 g/mol. The average Bonchev–Trinajstić information content (AvgIpc) is 2.16. The standard InChI is InChI=1S/C8H7BrClF2NO/c1-14-8-5(7(11)12)2-4(3-9)6(10)13-8/h2,7H,3H2,1H3. The minimum Gasteiger partial charge on any atom is -0.481 e. The molecular formula is C8H7BrClF2NO. The second-order valence-electron chi connectivity index (χ2n) is 2.47. The second-order valence-corrected chi connectivity index (χ2v) is 3.39. The van der Waals surface area contributed by atoms with Gasteiger partial charge in [-0.3, -0.25) is 0 Å². The Morgan fingerprint density at radius 3 is 2.71 bits per heavy atom. The van der Waals surface area contributed by atoms with Gasteiger partial charge in [0.15, 0.2) is 0 Å². The van der Waals surface area contributed by atoms with E-state index in [9.17, 15) is 8.78 Å². The van der Waals surface area contributed by atoms with E-state index in [2.05, 4.69) is 20.9 Å². The molecule has 0 bridgehead atoms. The lowest BCUT2D eigenvalue weighted by atomic mass is 10.2. The van der Waals surface area contributed by atoms with Crippen LogP contribution in [-0.4, -0.2) is 12.1 Å². The molecule has 1 aromatic heterocycles. The van der Waals surface area contributed by atoms with Crippen LogP contribution >= 0.6 is 27.5 Å². The van der Waals surface area contributed by atoms with Gasteiger partial charge in [-0.05, 0) is 6.07 Å². The zero-order valence-corrected chi connectivity index (χ0v) is 9.57. The highest BCUT2D eigenvalue weighted by atomic mass is 79.9. The zero-order chi connectivity index (χ0) is 10.7. The summed E-state index contributed by atoms with van der Waals surface area (Å²) >= 11 is 8.85. The molecule has 0 saturated carbocycles. The maximum absolute atomic E-state index is 12.5. The first kappa shape index (κ1) is 11.7. The number of alkyl halides is 3. The maximum Gasteiger partial charge on any atom is 0.269 e. The zero-order valence-electron chi connectivity index (χ0n) is 7.23. The summed E-state index contributed by atoms with van der Waals surface area (Å²) in [7, 11) is 1.28. The van der Waals surface area contributed by atoms with E-state index in [1.54, 1.807) is 0 Å². The van der Waals surface area contributed by atoms with E-state index in [4.69, 9.17) is 16.3 Å². The monoisotopic (exact) mass is 285 g/mol. The number of pyridine rings is 1. The molecule has 0 radical (unpaired) electrons. The first-order valence-corrected chi connectivity index (χ1v) is 5.17. The van der Waals surface area contributed by atoms with E-state index < -0.39 is 6.43 Å². The normalized spacial score (nSPS) is 10.7. The summed E-state index contributed by atoms with van der Waals surface area (Å²) in [6, 6.07) is 1.29. The van der Waals surface area contributed by atoms with Crippen molar-refractivity contribution < 1.29 is 13.5 Å². The highest BCUT2D eigenvalue weighted by Gasteiger charge is 2.17. The van der Waals surface area contributed by atoms with Crippen molar-refractivity contribution >= 4 is 27.5 Å². The van der Waals surface area contributed by atoms with Crippen LogP contribution in [0.2, 0.25) is 5.15 Å². The van der Waals surface area contributed by atoms with Gasteiger partial charge in [0.1, 0.15) is 5.15 Å². The fraction of sp³-hybridized carbons (Fsp3) is 0.375. The van der Waals surface area contributed by atoms with Crippen molar-refractivity contribution in [2.45, 2.75) is 11.8 Å². The number of ether oxygens (including phenoxy) is 1. The maximum atomic E-state index is 12.5. The number of rotatable bonds is 3. The van der Waals surface area contributed by atoms with Crippen LogP contribution in [0.3, 0.4) is 0 Å². The number of halogens is 4. The summed E-state index contributed by atoms with van der Waals surface area (Å²) in [5.41, 5.74) is 0.272. The topological polar surface area (TPSA) is 22.1 Å². The Morgan fingerprint density at radius 1 is 1.64 bits per heavy atom. The Balaban J connectivity index is 3.25. The van der Waals surface area contributed by atoms with Crippen molar-refractivity contribution in [1.82, 2.24) is 4.98 Å². The smallest absolute Gasteiger partial charge is 0.269 e. The first-order valence-electron chi connectivity index (χ1n) is 3.67. The van der Waals surface area contributed by atoms with Gasteiger partial charge in [-0.15, -0.1) is 0 Å². The van der Waals surface area contributed by atoms with Crippen LogP contribution in [0.5, 0.6) is 5.88 Å². The van der Waals surface area contributed by atoms with E-state index in [0.29, 0.717) is 10.9 Å². The van der Waals surface area contributed by atoms with E-state index in [0.717, 1.165) is 0 Å². The van der Waals surface area contributed by atoms with E-state index in [1.165, 1.54) is 13.2 Å². The van der Waals surface area contributed by atoms with Crippen molar-refractivity contribution in [3.8, 4) is 5.88 Å². The largest absolute Gasteiger partial charge is 0.481 e. The van der Waals surface area contributed by atoms with E-state index in [-0.39, 0.29) is 16.6 Å². The molecule has 1 aromatic rings. The quantitative estimate of drug-likeness (QED) is 0.626. The Bertz CT molecular complexity index is 335.